The summed E-state index contributed by atoms with van der Waals surface area (Å²) in [6, 6.07) is 0.195. The fraction of sp³-hybridized carbons (Fsp3) is 0.750. The second-order valence-electron chi connectivity index (χ2n) is 6.18. The molecule has 1 heterocycles. The van der Waals surface area contributed by atoms with Crippen LogP contribution in [-0.2, 0) is 6.42 Å². The van der Waals surface area contributed by atoms with Gasteiger partial charge >= 0.3 is 0 Å². The highest BCUT2D eigenvalue weighted by atomic mass is 32.1. The molecule has 0 aliphatic heterocycles. The molecule has 1 aromatic heterocycles. The molecular weight excluding hydrogens is 282 g/mol. The normalized spacial score (nSPS) is 19.2. The maximum atomic E-state index is 12.3. The van der Waals surface area contributed by atoms with Crippen molar-refractivity contribution >= 4 is 17.2 Å². The van der Waals surface area contributed by atoms with E-state index in [0.717, 1.165) is 17.3 Å². The van der Waals surface area contributed by atoms with Gasteiger partial charge in [0.05, 0.1) is 5.01 Å². The smallest absolute Gasteiger partial charge is 0.270 e. The van der Waals surface area contributed by atoms with Gasteiger partial charge in [-0.2, -0.15) is 0 Å². The van der Waals surface area contributed by atoms with Crippen LogP contribution in [0.3, 0.4) is 0 Å². The van der Waals surface area contributed by atoms with Crippen LogP contribution in [-0.4, -0.2) is 23.5 Å². The number of hydrogen-bond acceptors (Lipinski definition) is 4. The van der Waals surface area contributed by atoms with Gasteiger partial charge in [-0.25, -0.2) is 4.98 Å². The van der Waals surface area contributed by atoms with Gasteiger partial charge in [0, 0.05) is 17.8 Å². The third-order valence-corrected chi connectivity index (χ3v) is 5.59. The van der Waals surface area contributed by atoms with Crippen LogP contribution >= 0.6 is 11.3 Å². The molecule has 0 spiro atoms. The van der Waals surface area contributed by atoms with E-state index in [4.69, 9.17) is 5.73 Å². The number of carbonyl (C=O) groups excluding carboxylic acids is 1. The number of aromatic nitrogens is 1. The van der Waals surface area contributed by atoms with Gasteiger partial charge in [-0.15, -0.1) is 11.3 Å². The lowest BCUT2D eigenvalue weighted by Crippen LogP contribution is -2.40. The summed E-state index contributed by atoms with van der Waals surface area (Å²) in [7, 11) is 0. The summed E-state index contributed by atoms with van der Waals surface area (Å²) in [5.74, 6) is 1.22. The summed E-state index contributed by atoms with van der Waals surface area (Å²) in [4.78, 5) is 16.6. The molecule has 1 aliphatic carbocycles. The van der Waals surface area contributed by atoms with Crippen LogP contribution in [0.25, 0.3) is 0 Å². The highest BCUT2D eigenvalue weighted by molar-refractivity contribution is 7.09. The lowest BCUT2D eigenvalue weighted by molar-refractivity contribution is 0.0907. The highest BCUT2D eigenvalue weighted by Crippen LogP contribution is 2.31. The van der Waals surface area contributed by atoms with Crippen molar-refractivity contribution in [1.29, 1.82) is 0 Å². The molecule has 2 unspecified atom stereocenters. The van der Waals surface area contributed by atoms with Crippen molar-refractivity contribution in [3.8, 4) is 0 Å². The first-order valence-corrected chi connectivity index (χ1v) is 8.95. The number of amides is 1. The third kappa shape index (κ3) is 4.51. The Morgan fingerprint density at radius 1 is 1.43 bits per heavy atom. The summed E-state index contributed by atoms with van der Waals surface area (Å²) in [6.45, 7) is 4.95. The van der Waals surface area contributed by atoms with Crippen molar-refractivity contribution in [3.05, 3.63) is 16.1 Å². The number of rotatable bonds is 6. The van der Waals surface area contributed by atoms with Crippen LogP contribution in [0.5, 0.6) is 0 Å². The lowest BCUT2D eigenvalue weighted by atomic mass is 9.78. The van der Waals surface area contributed by atoms with Crippen LogP contribution in [0, 0.1) is 11.8 Å². The Kier molecular flexibility index (Phi) is 6.18. The third-order valence-electron chi connectivity index (χ3n) is 4.68. The van der Waals surface area contributed by atoms with Crippen molar-refractivity contribution < 1.29 is 4.79 Å². The summed E-state index contributed by atoms with van der Waals surface area (Å²) in [5.41, 5.74) is 6.05. The van der Waals surface area contributed by atoms with Crippen LogP contribution in [0.4, 0.5) is 0 Å². The van der Waals surface area contributed by atoms with Crippen molar-refractivity contribution in [2.24, 2.45) is 17.6 Å². The summed E-state index contributed by atoms with van der Waals surface area (Å²) in [6.07, 6.45) is 7.39. The van der Waals surface area contributed by atoms with E-state index >= 15 is 0 Å². The van der Waals surface area contributed by atoms with Crippen LogP contribution < -0.4 is 11.1 Å². The number of nitrogens with two attached hydrogens (primary N) is 1. The summed E-state index contributed by atoms with van der Waals surface area (Å²) >= 11 is 1.51. The Hall–Kier alpha value is -0.940. The first-order chi connectivity index (χ1) is 10.1. The molecule has 3 N–H and O–H groups in total. The van der Waals surface area contributed by atoms with Crippen LogP contribution in [0.1, 0.15) is 61.4 Å². The molecule has 1 aliphatic rings. The molecule has 0 radical (unpaired) electrons. The van der Waals surface area contributed by atoms with E-state index in [2.05, 4.69) is 24.1 Å². The number of thiazole rings is 1. The zero-order valence-electron chi connectivity index (χ0n) is 13.1. The largest absolute Gasteiger partial charge is 0.348 e. The fourth-order valence-corrected chi connectivity index (χ4v) is 3.93. The quantitative estimate of drug-likeness (QED) is 0.849. The minimum atomic E-state index is -0.0512. The molecule has 0 aromatic carbocycles. The molecule has 118 valence electrons. The van der Waals surface area contributed by atoms with Gasteiger partial charge in [0.25, 0.3) is 5.91 Å². The Bertz CT molecular complexity index is 454. The van der Waals surface area contributed by atoms with Gasteiger partial charge in [0.15, 0.2) is 0 Å². The van der Waals surface area contributed by atoms with Gasteiger partial charge in [-0.05, 0) is 25.3 Å². The number of hydrogen-bond donors (Lipinski definition) is 2. The van der Waals surface area contributed by atoms with Crippen molar-refractivity contribution in [2.75, 3.05) is 6.54 Å². The molecule has 0 saturated heterocycles. The molecule has 1 fully saturated rings. The van der Waals surface area contributed by atoms with Crippen LogP contribution in [0.15, 0.2) is 5.38 Å². The van der Waals surface area contributed by atoms with Gasteiger partial charge in [-0.1, -0.05) is 39.0 Å². The minimum Gasteiger partial charge on any atom is -0.348 e. The van der Waals surface area contributed by atoms with E-state index in [9.17, 15) is 4.79 Å². The minimum absolute atomic E-state index is 0.0512. The molecule has 21 heavy (non-hydrogen) atoms. The van der Waals surface area contributed by atoms with E-state index in [0.29, 0.717) is 18.2 Å². The van der Waals surface area contributed by atoms with E-state index in [1.165, 1.54) is 43.4 Å². The molecular formula is C16H27N3OS. The topological polar surface area (TPSA) is 68.0 Å². The molecule has 1 amide bonds. The zero-order valence-corrected chi connectivity index (χ0v) is 13.9. The van der Waals surface area contributed by atoms with Crippen molar-refractivity contribution in [3.63, 3.8) is 0 Å². The van der Waals surface area contributed by atoms with Gasteiger partial charge in [0.2, 0.25) is 0 Å². The van der Waals surface area contributed by atoms with E-state index in [1.807, 2.05) is 5.38 Å². The van der Waals surface area contributed by atoms with E-state index < -0.39 is 0 Å². The standard InChI is InChI=1S/C16H27N3OS/c1-11(13-6-4-3-5-7-13)12(2)18-16(20)14-10-21-15(19-14)8-9-17/h10-13H,3-9,17H2,1-2H3,(H,18,20). The van der Waals surface area contributed by atoms with E-state index in [-0.39, 0.29) is 11.9 Å². The summed E-state index contributed by atoms with van der Waals surface area (Å²) in [5, 5.41) is 5.89. The highest BCUT2D eigenvalue weighted by Gasteiger charge is 2.26. The zero-order chi connectivity index (χ0) is 15.2. The van der Waals surface area contributed by atoms with Gasteiger partial charge in [0.1, 0.15) is 5.69 Å². The van der Waals surface area contributed by atoms with Gasteiger partial charge in [-0.3, -0.25) is 4.79 Å². The Balaban J connectivity index is 1.88. The first-order valence-electron chi connectivity index (χ1n) is 8.07. The lowest BCUT2D eigenvalue weighted by Gasteiger charge is -2.32. The second kappa shape index (κ2) is 7.90. The molecule has 1 saturated carbocycles. The fourth-order valence-electron chi connectivity index (χ4n) is 3.13. The summed E-state index contributed by atoms with van der Waals surface area (Å²) < 4.78 is 0. The maximum absolute atomic E-state index is 12.3. The SMILES string of the molecule is CC(NC(=O)c1csc(CCN)n1)C(C)C1CCCCC1. The predicted molar refractivity (Wildman–Crippen MR) is 87.5 cm³/mol. The predicted octanol–water partition coefficient (Wildman–Crippen LogP) is 2.98. The van der Waals surface area contributed by atoms with E-state index in [1.54, 1.807) is 0 Å². The average molecular weight is 309 g/mol. The molecule has 0 bridgehead atoms. The second-order valence-corrected chi connectivity index (χ2v) is 7.13. The Morgan fingerprint density at radius 2 is 2.14 bits per heavy atom. The molecule has 2 rings (SSSR count). The van der Waals surface area contributed by atoms with Crippen molar-refractivity contribution in [1.82, 2.24) is 10.3 Å². The molecule has 1 aromatic rings. The van der Waals surface area contributed by atoms with Gasteiger partial charge < -0.3 is 11.1 Å². The number of carbonyl (C=O) groups is 1. The Morgan fingerprint density at radius 3 is 2.81 bits per heavy atom. The number of nitrogens with zero attached hydrogens (tertiary/aromatic N) is 1. The maximum Gasteiger partial charge on any atom is 0.270 e. The van der Waals surface area contributed by atoms with Crippen molar-refractivity contribution in [2.45, 2.75) is 58.4 Å². The monoisotopic (exact) mass is 309 g/mol. The first kappa shape index (κ1) is 16.4. The Labute approximate surface area is 131 Å². The van der Waals surface area contributed by atoms with Crippen LogP contribution in [0.2, 0.25) is 0 Å². The number of nitrogens with one attached hydrogen (secondary N) is 1. The average Bonchev–Trinajstić information content (AvgIpc) is 2.96. The molecule has 5 heteroatoms. The molecule has 2 atom stereocenters. The molecule has 4 nitrogen and oxygen atoms in total.